The summed E-state index contributed by atoms with van der Waals surface area (Å²) in [5.74, 6) is 6.66. The molecule has 8 nitrogen and oxygen atoms in total. The van der Waals surface area contributed by atoms with Gasteiger partial charge in [-0.25, -0.2) is 5.84 Å². The van der Waals surface area contributed by atoms with E-state index in [-0.39, 0.29) is 12.0 Å². The van der Waals surface area contributed by atoms with Crippen molar-refractivity contribution in [2.24, 2.45) is 5.84 Å². The van der Waals surface area contributed by atoms with Crippen LogP contribution in [0.1, 0.15) is 5.56 Å². The molecule has 0 aliphatic heterocycles. The molecule has 8 heteroatoms. The summed E-state index contributed by atoms with van der Waals surface area (Å²) in [6, 6.07) is 7.85. The Morgan fingerprint density at radius 2 is 1.80 bits per heavy atom. The number of hydrogen-bond acceptors (Lipinski definition) is 8. The van der Waals surface area contributed by atoms with Crippen LogP contribution < -0.4 is 26.1 Å². The molecule has 0 spiro atoms. The number of nitrogen functional groups attached to an aromatic ring is 1. The molecule has 0 fully saturated rings. The van der Waals surface area contributed by atoms with Crippen LogP contribution in [0.2, 0.25) is 0 Å². The van der Waals surface area contributed by atoms with Crippen molar-refractivity contribution in [3.63, 3.8) is 0 Å². The molecule has 2 rings (SSSR count). The van der Waals surface area contributed by atoms with E-state index in [0.29, 0.717) is 12.5 Å². The number of hydrogen-bond donors (Lipinski definition) is 3. The third-order valence-corrected chi connectivity index (χ3v) is 2.56. The molecular weight excluding hydrogens is 260 g/mol. The molecule has 0 unspecified atom stereocenters. The molecule has 0 saturated carbocycles. The average Bonchev–Trinajstić information content (AvgIpc) is 2.52. The second-order valence-electron chi connectivity index (χ2n) is 3.78. The molecule has 1 heterocycles. The summed E-state index contributed by atoms with van der Waals surface area (Å²) in [7, 11) is 3.10. The minimum atomic E-state index is 0.176. The Kier molecular flexibility index (Phi) is 4.51. The molecule has 0 amide bonds. The summed E-state index contributed by atoms with van der Waals surface area (Å²) in [6.07, 6.45) is 0. The number of benzene rings is 1. The minimum absolute atomic E-state index is 0.176. The first-order valence-electron chi connectivity index (χ1n) is 5.89. The zero-order valence-electron chi connectivity index (χ0n) is 11.3. The highest BCUT2D eigenvalue weighted by molar-refractivity contribution is 5.39. The third-order valence-electron chi connectivity index (χ3n) is 2.56. The van der Waals surface area contributed by atoms with Crippen LogP contribution in [0, 0.1) is 0 Å². The summed E-state index contributed by atoms with van der Waals surface area (Å²) in [4.78, 5) is 12.1. The number of para-hydroxylation sites is 1. The van der Waals surface area contributed by atoms with Crippen molar-refractivity contribution in [3.05, 3.63) is 29.8 Å². The van der Waals surface area contributed by atoms with E-state index >= 15 is 0 Å². The van der Waals surface area contributed by atoms with Gasteiger partial charge < -0.3 is 14.8 Å². The van der Waals surface area contributed by atoms with Crippen molar-refractivity contribution in [3.8, 4) is 11.8 Å². The number of aromatic nitrogens is 3. The summed E-state index contributed by atoms with van der Waals surface area (Å²) >= 11 is 0. The zero-order valence-corrected chi connectivity index (χ0v) is 11.3. The summed E-state index contributed by atoms with van der Waals surface area (Å²) in [5, 5.41) is 3.07. The van der Waals surface area contributed by atoms with E-state index in [0.717, 1.165) is 11.3 Å². The SMILES string of the molecule is COc1nc(NN)nc(NCc2ccccc2OC)n1. The van der Waals surface area contributed by atoms with Gasteiger partial charge in [0, 0.05) is 12.1 Å². The molecule has 1 aromatic heterocycles. The molecule has 106 valence electrons. The summed E-state index contributed by atoms with van der Waals surface area (Å²) in [6.45, 7) is 0.501. The fourth-order valence-corrected chi connectivity index (χ4v) is 1.61. The van der Waals surface area contributed by atoms with Crippen molar-refractivity contribution in [2.75, 3.05) is 25.0 Å². The van der Waals surface area contributed by atoms with Gasteiger partial charge in [-0.05, 0) is 6.07 Å². The number of anilines is 2. The second kappa shape index (κ2) is 6.53. The number of rotatable bonds is 6. The Hall–Kier alpha value is -2.61. The Morgan fingerprint density at radius 1 is 1.05 bits per heavy atom. The van der Waals surface area contributed by atoms with Crippen LogP contribution in [0.4, 0.5) is 11.9 Å². The molecule has 0 saturated heterocycles. The summed E-state index contributed by atoms with van der Waals surface area (Å²) < 4.78 is 10.2. The van der Waals surface area contributed by atoms with Crippen molar-refractivity contribution in [2.45, 2.75) is 6.54 Å². The Balaban J connectivity index is 2.14. The maximum Gasteiger partial charge on any atom is 0.322 e. The Bertz CT molecular complexity index is 555. The first-order chi connectivity index (χ1) is 9.76. The summed E-state index contributed by atoms with van der Waals surface area (Å²) in [5.41, 5.74) is 3.34. The van der Waals surface area contributed by atoms with Gasteiger partial charge >= 0.3 is 6.01 Å². The Morgan fingerprint density at radius 3 is 2.50 bits per heavy atom. The van der Waals surface area contributed by atoms with E-state index in [1.165, 1.54) is 7.11 Å². The third kappa shape index (κ3) is 3.23. The number of hydrazine groups is 1. The van der Waals surface area contributed by atoms with Gasteiger partial charge in [0.25, 0.3) is 0 Å². The number of methoxy groups -OCH3 is 2. The van der Waals surface area contributed by atoms with E-state index < -0.39 is 0 Å². The van der Waals surface area contributed by atoms with E-state index in [2.05, 4.69) is 25.7 Å². The van der Waals surface area contributed by atoms with Gasteiger partial charge in [-0.1, -0.05) is 18.2 Å². The first-order valence-corrected chi connectivity index (χ1v) is 5.89. The molecule has 4 N–H and O–H groups in total. The molecule has 0 aliphatic carbocycles. The van der Waals surface area contributed by atoms with Crippen LogP contribution in [0.25, 0.3) is 0 Å². The predicted molar refractivity (Wildman–Crippen MR) is 74.5 cm³/mol. The second-order valence-corrected chi connectivity index (χ2v) is 3.78. The van der Waals surface area contributed by atoms with Crippen molar-refractivity contribution >= 4 is 11.9 Å². The average molecular weight is 276 g/mol. The van der Waals surface area contributed by atoms with Gasteiger partial charge in [0.1, 0.15) is 5.75 Å². The lowest BCUT2D eigenvalue weighted by molar-refractivity contribution is 0.379. The maximum absolute atomic E-state index is 5.29. The van der Waals surface area contributed by atoms with Crippen LogP contribution in [-0.2, 0) is 6.54 Å². The predicted octanol–water partition coefficient (Wildman–Crippen LogP) is 0.786. The van der Waals surface area contributed by atoms with E-state index in [1.54, 1.807) is 7.11 Å². The molecule has 0 bridgehead atoms. The van der Waals surface area contributed by atoms with E-state index in [4.69, 9.17) is 15.3 Å². The van der Waals surface area contributed by atoms with Crippen LogP contribution in [0.3, 0.4) is 0 Å². The topological polar surface area (TPSA) is 107 Å². The van der Waals surface area contributed by atoms with Crippen LogP contribution in [0.5, 0.6) is 11.8 Å². The minimum Gasteiger partial charge on any atom is -0.496 e. The van der Waals surface area contributed by atoms with Gasteiger partial charge in [-0.3, -0.25) is 5.43 Å². The fraction of sp³-hybridized carbons (Fsp3) is 0.250. The van der Waals surface area contributed by atoms with Crippen LogP contribution >= 0.6 is 0 Å². The number of nitrogens with zero attached hydrogens (tertiary/aromatic N) is 3. The van der Waals surface area contributed by atoms with Crippen molar-refractivity contribution < 1.29 is 9.47 Å². The molecule has 2 aromatic rings. The maximum atomic E-state index is 5.29. The molecule has 0 aliphatic rings. The molecular formula is C12H16N6O2. The first kappa shape index (κ1) is 13.8. The molecule has 20 heavy (non-hydrogen) atoms. The van der Waals surface area contributed by atoms with Gasteiger partial charge in [0.05, 0.1) is 14.2 Å². The quantitative estimate of drug-likeness (QED) is 0.525. The van der Waals surface area contributed by atoms with E-state index in [1.807, 2.05) is 24.3 Å². The lowest BCUT2D eigenvalue weighted by Gasteiger charge is -2.10. The monoisotopic (exact) mass is 276 g/mol. The number of ether oxygens (including phenoxy) is 2. The lowest BCUT2D eigenvalue weighted by Crippen LogP contribution is -2.14. The van der Waals surface area contributed by atoms with E-state index in [9.17, 15) is 0 Å². The van der Waals surface area contributed by atoms with Crippen LogP contribution in [-0.4, -0.2) is 29.2 Å². The van der Waals surface area contributed by atoms with Gasteiger partial charge in [0.2, 0.25) is 11.9 Å². The van der Waals surface area contributed by atoms with Crippen molar-refractivity contribution in [1.29, 1.82) is 0 Å². The highest BCUT2D eigenvalue weighted by Crippen LogP contribution is 2.18. The molecule has 1 aromatic carbocycles. The van der Waals surface area contributed by atoms with Crippen molar-refractivity contribution in [1.82, 2.24) is 15.0 Å². The normalized spacial score (nSPS) is 9.95. The molecule has 0 radical (unpaired) electrons. The Labute approximate surface area is 116 Å². The van der Waals surface area contributed by atoms with Gasteiger partial charge in [0.15, 0.2) is 0 Å². The zero-order chi connectivity index (χ0) is 14.4. The smallest absolute Gasteiger partial charge is 0.322 e. The van der Waals surface area contributed by atoms with Gasteiger partial charge in [-0.2, -0.15) is 15.0 Å². The fourth-order valence-electron chi connectivity index (χ4n) is 1.61. The highest BCUT2D eigenvalue weighted by atomic mass is 16.5. The number of nitrogens with one attached hydrogen (secondary N) is 2. The lowest BCUT2D eigenvalue weighted by atomic mass is 10.2. The largest absolute Gasteiger partial charge is 0.496 e. The van der Waals surface area contributed by atoms with Gasteiger partial charge in [-0.15, -0.1) is 0 Å². The standard InChI is InChI=1S/C12H16N6O2/c1-19-9-6-4-3-5-8(9)7-14-10-15-11(18-13)17-12(16-10)20-2/h3-6H,7,13H2,1-2H3,(H2,14,15,16,17,18). The molecule has 0 atom stereocenters. The van der Waals surface area contributed by atoms with Crippen LogP contribution in [0.15, 0.2) is 24.3 Å². The highest BCUT2D eigenvalue weighted by Gasteiger charge is 2.07. The number of nitrogens with two attached hydrogens (primary N) is 1.